The number of rotatable bonds is 2. The second-order valence-corrected chi connectivity index (χ2v) is 7.52. The number of methoxy groups -OCH3 is 1. The van der Waals surface area contributed by atoms with Crippen molar-refractivity contribution in [2.24, 2.45) is 17.3 Å². The van der Waals surface area contributed by atoms with Gasteiger partial charge in [0.25, 0.3) is 0 Å². The summed E-state index contributed by atoms with van der Waals surface area (Å²) < 4.78 is 5.62. The van der Waals surface area contributed by atoms with Crippen LogP contribution in [0, 0.1) is 17.3 Å². The molecule has 0 aromatic heterocycles. The van der Waals surface area contributed by atoms with Crippen molar-refractivity contribution in [3.8, 4) is 5.75 Å². The molecule has 2 heteroatoms. The van der Waals surface area contributed by atoms with E-state index in [1.807, 2.05) is 19.2 Å². The van der Waals surface area contributed by atoms with Crippen LogP contribution in [0.3, 0.4) is 0 Å². The molecule has 0 heterocycles. The fraction of sp³-hybridized carbons (Fsp3) is 0.684. The Morgan fingerprint density at radius 2 is 2.14 bits per heavy atom. The highest BCUT2D eigenvalue weighted by molar-refractivity contribution is 5.40. The van der Waals surface area contributed by atoms with E-state index in [1.165, 1.54) is 49.7 Å². The summed E-state index contributed by atoms with van der Waals surface area (Å²) in [6, 6.07) is 6.07. The molecule has 1 N–H and O–H groups in total. The molecule has 1 aromatic rings. The molecule has 3 aliphatic carbocycles. The van der Waals surface area contributed by atoms with Crippen LogP contribution in [-0.4, -0.2) is 18.8 Å². The maximum Gasteiger partial charge on any atom is 0.115 e. The standard InChI is InChI=1S/C19H26O2/c1-21-12-19-9-2-3-18(19)17-6-4-13-11-14(20)5-7-15(13)16(17)8-10-19/h5,7,11,16-18,20H,2-4,6,8-10,12H2,1H3/t16-,17-,18+,19+/m1/s1. The van der Waals surface area contributed by atoms with Crippen LogP contribution in [0.5, 0.6) is 5.75 Å². The first-order valence-electron chi connectivity index (χ1n) is 8.54. The molecule has 1 aromatic carbocycles. The smallest absolute Gasteiger partial charge is 0.115 e. The minimum atomic E-state index is 0.428. The van der Waals surface area contributed by atoms with Crippen molar-refractivity contribution in [2.45, 2.75) is 50.9 Å². The van der Waals surface area contributed by atoms with Gasteiger partial charge in [-0.25, -0.2) is 0 Å². The van der Waals surface area contributed by atoms with Crippen molar-refractivity contribution in [3.63, 3.8) is 0 Å². The quantitative estimate of drug-likeness (QED) is 0.880. The van der Waals surface area contributed by atoms with Crippen LogP contribution in [0.25, 0.3) is 0 Å². The highest BCUT2D eigenvalue weighted by atomic mass is 16.5. The van der Waals surface area contributed by atoms with Crippen molar-refractivity contribution >= 4 is 0 Å². The Bertz CT molecular complexity index is 538. The predicted octanol–water partition coefficient (Wildman–Crippen LogP) is 4.26. The van der Waals surface area contributed by atoms with Crippen LogP contribution in [-0.2, 0) is 11.2 Å². The second kappa shape index (κ2) is 5.01. The molecule has 0 aliphatic heterocycles. The Balaban J connectivity index is 1.67. The maximum absolute atomic E-state index is 9.73. The Morgan fingerprint density at radius 3 is 3.00 bits per heavy atom. The highest BCUT2D eigenvalue weighted by Crippen LogP contribution is 2.61. The van der Waals surface area contributed by atoms with Gasteiger partial charge in [-0.3, -0.25) is 0 Å². The molecule has 0 spiro atoms. The summed E-state index contributed by atoms with van der Waals surface area (Å²) in [7, 11) is 1.87. The summed E-state index contributed by atoms with van der Waals surface area (Å²) in [5.74, 6) is 2.85. The van der Waals surface area contributed by atoms with Crippen molar-refractivity contribution < 1.29 is 9.84 Å². The lowest BCUT2D eigenvalue weighted by Crippen LogP contribution is -2.43. The van der Waals surface area contributed by atoms with E-state index < -0.39 is 0 Å². The number of benzene rings is 1. The first kappa shape index (κ1) is 13.6. The highest BCUT2D eigenvalue weighted by Gasteiger charge is 2.52. The number of ether oxygens (including phenoxy) is 1. The van der Waals surface area contributed by atoms with E-state index in [0.29, 0.717) is 11.2 Å². The lowest BCUT2D eigenvalue weighted by atomic mass is 9.55. The van der Waals surface area contributed by atoms with Crippen LogP contribution >= 0.6 is 0 Å². The van der Waals surface area contributed by atoms with E-state index in [-0.39, 0.29) is 0 Å². The van der Waals surface area contributed by atoms with Gasteiger partial charge < -0.3 is 9.84 Å². The fourth-order valence-electron chi connectivity index (χ4n) is 5.90. The van der Waals surface area contributed by atoms with Gasteiger partial charge in [0.2, 0.25) is 0 Å². The van der Waals surface area contributed by atoms with E-state index in [1.54, 1.807) is 0 Å². The third kappa shape index (κ3) is 2.03. The second-order valence-electron chi connectivity index (χ2n) is 7.52. The minimum Gasteiger partial charge on any atom is -0.508 e. The summed E-state index contributed by atoms with van der Waals surface area (Å²) in [4.78, 5) is 0. The lowest BCUT2D eigenvalue weighted by Gasteiger charge is -2.50. The van der Waals surface area contributed by atoms with Crippen LogP contribution in [0.4, 0.5) is 0 Å². The number of phenolic OH excluding ortho intramolecular Hbond substituents is 1. The van der Waals surface area contributed by atoms with Crippen molar-refractivity contribution in [2.75, 3.05) is 13.7 Å². The van der Waals surface area contributed by atoms with Gasteiger partial charge in [-0.1, -0.05) is 12.5 Å². The van der Waals surface area contributed by atoms with Crippen LogP contribution < -0.4 is 0 Å². The van der Waals surface area contributed by atoms with E-state index >= 15 is 0 Å². The van der Waals surface area contributed by atoms with E-state index in [9.17, 15) is 5.11 Å². The van der Waals surface area contributed by atoms with Crippen LogP contribution in [0.2, 0.25) is 0 Å². The summed E-state index contributed by atoms with van der Waals surface area (Å²) in [6.07, 6.45) is 9.24. The number of hydrogen-bond donors (Lipinski definition) is 1. The average molecular weight is 286 g/mol. The normalized spacial score (nSPS) is 37.7. The largest absolute Gasteiger partial charge is 0.508 e. The molecule has 0 amide bonds. The molecule has 4 atom stereocenters. The first-order valence-corrected chi connectivity index (χ1v) is 8.54. The molecule has 114 valence electrons. The van der Waals surface area contributed by atoms with E-state index in [2.05, 4.69) is 6.07 Å². The number of fused-ring (bicyclic) bond motifs is 5. The molecule has 0 radical (unpaired) electrons. The fourth-order valence-corrected chi connectivity index (χ4v) is 5.90. The molecule has 21 heavy (non-hydrogen) atoms. The third-order valence-electron chi connectivity index (χ3n) is 6.67. The molecule has 0 bridgehead atoms. The lowest BCUT2D eigenvalue weighted by molar-refractivity contribution is -0.0201. The summed E-state index contributed by atoms with van der Waals surface area (Å²) in [6.45, 7) is 0.962. The molecule has 3 aliphatic rings. The zero-order chi connectivity index (χ0) is 14.4. The predicted molar refractivity (Wildman–Crippen MR) is 83.5 cm³/mol. The topological polar surface area (TPSA) is 29.5 Å². The van der Waals surface area contributed by atoms with Crippen molar-refractivity contribution in [1.29, 1.82) is 0 Å². The van der Waals surface area contributed by atoms with Crippen LogP contribution in [0.15, 0.2) is 18.2 Å². The summed E-state index contributed by atoms with van der Waals surface area (Å²) >= 11 is 0. The van der Waals surface area contributed by atoms with Gasteiger partial charge in [0.1, 0.15) is 5.75 Å². The van der Waals surface area contributed by atoms with Gasteiger partial charge in [-0.05, 0) is 85.0 Å². The number of aryl methyl sites for hydroxylation is 1. The summed E-state index contributed by atoms with van der Waals surface area (Å²) in [5.41, 5.74) is 3.40. The molecular weight excluding hydrogens is 260 g/mol. The van der Waals surface area contributed by atoms with Crippen molar-refractivity contribution in [3.05, 3.63) is 29.3 Å². The van der Waals surface area contributed by atoms with Gasteiger partial charge >= 0.3 is 0 Å². The average Bonchev–Trinajstić information content (AvgIpc) is 2.90. The number of aromatic hydroxyl groups is 1. The van der Waals surface area contributed by atoms with Gasteiger partial charge in [0.05, 0.1) is 6.61 Å². The Labute approximate surface area is 127 Å². The zero-order valence-corrected chi connectivity index (χ0v) is 13.0. The monoisotopic (exact) mass is 286 g/mol. The van der Waals surface area contributed by atoms with E-state index in [4.69, 9.17) is 4.74 Å². The van der Waals surface area contributed by atoms with Gasteiger partial charge in [0.15, 0.2) is 0 Å². The zero-order valence-electron chi connectivity index (χ0n) is 13.0. The molecule has 0 saturated heterocycles. The number of hydrogen-bond acceptors (Lipinski definition) is 2. The number of phenols is 1. The Kier molecular flexibility index (Phi) is 3.25. The summed E-state index contributed by atoms with van der Waals surface area (Å²) in [5, 5.41) is 9.73. The molecule has 2 fully saturated rings. The van der Waals surface area contributed by atoms with Crippen molar-refractivity contribution in [1.82, 2.24) is 0 Å². The molecule has 2 saturated carbocycles. The SMILES string of the molecule is COC[C@@]12CCC[C@H]1[C@@H]1CCc3cc(O)ccc3[C@H]1CC2. The van der Waals surface area contributed by atoms with E-state index in [0.717, 1.165) is 30.8 Å². The molecular formula is C19H26O2. The molecule has 2 nitrogen and oxygen atoms in total. The molecule has 0 unspecified atom stereocenters. The Morgan fingerprint density at radius 1 is 1.24 bits per heavy atom. The Hall–Kier alpha value is -1.02. The van der Waals surface area contributed by atoms with Gasteiger partial charge in [-0.2, -0.15) is 0 Å². The minimum absolute atomic E-state index is 0.428. The molecule has 4 rings (SSSR count). The third-order valence-corrected chi connectivity index (χ3v) is 6.67. The van der Waals surface area contributed by atoms with Crippen LogP contribution in [0.1, 0.15) is 55.6 Å². The maximum atomic E-state index is 9.73. The van der Waals surface area contributed by atoms with Gasteiger partial charge in [0, 0.05) is 7.11 Å². The van der Waals surface area contributed by atoms with Gasteiger partial charge in [-0.15, -0.1) is 0 Å². The first-order chi connectivity index (χ1) is 10.2.